The van der Waals surface area contributed by atoms with Gasteiger partial charge in [-0.1, -0.05) is 41.4 Å². The summed E-state index contributed by atoms with van der Waals surface area (Å²) in [6.07, 6.45) is 1.51. The van der Waals surface area contributed by atoms with Gasteiger partial charge in [-0.2, -0.15) is 9.97 Å². The minimum Gasteiger partial charge on any atom is -0.384 e. The lowest BCUT2D eigenvalue weighted by atomic mass is 10.2. The van der Waals surface area contributed by atoms with Crippen LogP contribution in [0.15, 0.2) is 53.5 Å². The van der Waals surface area contributed by atoms with E-state index in [-0.39, 0.29) is 27.2 Å². The van der Waals surface area contributed by atoms with Crippen LogP contribution >= 0.6 is 23.2 Å². The first-order valence-electron chi connectivity index (χ1n) is 9.34. The SMILES string of the molecule is CN(C)Cc1ccc(Nc2ncc3c(N)n(-c4c(Cl)cccc4Cl)c(=O)nc3n2)cc1. The van der Waals surface area contributed by atoms with E-state index in [2.05, 4.69) is 25.2 Å². The van der Waals surface area contributed by atoms with E-state index >= 15 is 0 Å². The molecule has 0 aliphatic carbocycles. The van der Waals surface area contributed by atoms with Gasteiger partial charge >= 0.3 is 5.69 Å². The van der Waals surface area contributed by atoms with Gasteiger partial charge in [0.2, 0.25) is 5.95 Å². The van der Waals surface area contributed by atoms with E-state index in [1.165, 1.54) is 11.8 Å². The summed E-state index contributed by atoms with van der Waals surface area (Å²) in [6.45, 7) is 0.845. The Labute approximate surface area is 188 Å². The first kappa shape index (κ1) is 21.0. The van der Waals surface area contributed by atoms with E-state index in [1.807, 2.05) is 38.4 Å². The second-order valence-electron chi connectivity index (χ2n) is 7.18. The normalized spacial score (nSPS) is 11.3. The summed E-state index contributed by atoms with van der Waals surface area (Å²) >= 11 is 12.5. The molecule has 0 fully saturated rings. The molecular formula is C21H19Cl2N7O. The maximum absolute atomic E-state index is 12.7. The van der Waals surface area contributed by atoms with Crippen molar-refractivity contribution in [3.63, 3.8) is 0 Å². The fourth-order valence-electron chi connectivity index (χ4n) is 3.17. The summed E-state index contributed by atoms with van der Waals surface area (Å²) in [5, 5.41) is 4.07. The molecule has 0 saturated carbocycles. The van der Waals surface area contributed by atoms with Gasteiger partial charge in [-0.15, -0.1) is 0 Å². The van der Waals surface area contributed by atoms with Crippen LogP contribution in [0.3, 0.4) is 0 Å². The number of nitrogens with zero attached hydrogens (tertiary/aromatic N) is 5. The summed E-state index contributed by atoms with van der Waals surface area (Å²) in [7, 11) is 4.03. The van der Waals surface area contributed by atoms with Gasteiger partial charge < -0.3 is 16.0 Å². The number of halogens is 2. The second-order valence-corrected chi connectivity index (χ2v) is 7.99. The smallest absolute Gasteiger partial charge is 0.355 e. The lowest BCUT2D eigenvalue weighted by molar-refractivity contribution is 0.402. The number of hydrogen-bond donors (Lipinski definition) is 2. The Morgan fingerprint density at radius 3 is 2.39 bits per heavy atom. The Morgan fingerprint density at radius 1 is 1.06 bits per heavy atom. The third kappa shape index (κ3) is 4.32. The van der Waals surface area contributed by atoms with Gasteiger partial charge in [0, 0.05) is 18.4 Å². The quantitative estimate of drug-likeness (QED) is 0.470. The first-order chi connectivity index (χ1) is 14.8. The van der Waals surface area contributed by atoms with Crippen molar-refractivity contribution in [2.75, 3.05) is 25.1 Å². The van der Waals surface area contributed by atoms with Crippen molar-refractivity contribution in [1.29, 1.82) is 0 Å². The number of fused-ring (bicyclic) bond motifs is 1. The van der Waals surface area contributed by atoms with Crippen LogP contribution < -0.4 is 16.7 Å². The van der Waals surface area contributed by atoms with Gasteiger partial charge in [0.25, 0.3) is 0 Å². The topological polar surface area (TPSA) is 102 Å². The molecule has 2 aromatic heterocycles. The molecule has 0 bridgehead atoms. The van der Waals surface area contributed by atoms with Crippen LogP contribution in [-0.4, -0.2) is 38.5 Å². The zero-order valence-corrected chi connectivity index (χ0v) is 18.3. The molecule has 0 atom stereocenters. The minimum atomic E-state index is -0.641. The standard InChI is InChI=1S/C21H19Cl2N7O/c1-29(2)11-12-6-8-13(9-7-12)26-20-25-10-14-18(24)30(21(31)28-19(14)27-20)17-15(22)4-3-5-16(17)23/h3-10H,11,24H2,1-2H3,(H,26,27,28,31). The molecule has 0 saturated heterocycles. The number of para-hydroxylation sites is 1. The predicted molar refractivity (Wildman–Crippen MR) is 124 cm³/mol. The highest BCUT2D eigenvalue weighted by Crippen LogP contribution is 2.30. The van der Waals surface area contributed by atoms with Crippen molar-refractivity contribution < 1.29 is 0 Å². The Balaban J connectivity index is 1.70. The lowest BCUT2D eigenvalue weighted by Gasteiger charge is -2.14. The Kier molecular flexibility index (Phi) is 5.77. The van der Waals surface area contributed by atoms with Gasteiger partial charge in [0.15, 0.2) is 5.65 Å². The average molecular weight is 456 g/mol. The third-order valence-electron chi connectivity index (χ3n) is 4.55. The molecular weight excluding hydrogens is 437 g/mol. The highest BCUT2D eigenvalue weighted by atomic mass is 35.5. The number of anilines is 3. The molecule has 0 unspecified atom stereocenters. The molecule has 31 heavy (non-hydrogen) atoms. The number of nitrogen functional groups attached to an aromatic ring is 1. The molecule has 0 spiro atoms. The van der Waals surface area contributed by atoms with Crippen molar-refractivity contribution in [3.8, 4) is 5.69 Å². The number of hydrogen-bond acceptors (Lipinski definition) is 7. The molecule has 0 radical (unpaired) electrons. The number of nitrogens with two attached hydrogens (primary N) is 1. The molecule has 0 amide bonds. The Bertz CT molecular complexity index is 1300. The predicted octanol–water partition coefficient (Wildman–Crippen LogP) is 3.87. The van der Waals surface area contributed by atoms with Gasteiger partial charge in [-0.3, -0.25) is 0 Å². The van der Waals surface area contributed by atoms with Crippen molar-refractivity contribution in [2.24, 2.45) is 0 Å². The van der Waals surface area contributed by atoms with Gasteiger partial charge in [0.05, 0.1) is 21.1 Å². The van der Waals surface area contributed by atoms with Gasteiger partial charge in [0.1, 0.15) is 5.82 Å². The maximum Gasteiger partial charge on any atom is 0.355 e. The minimum absolute atomic E-state index is 0.101. The molecule has 2 heterocycles. The number of aromatic nitrogens is 4. The van der Waals surface area contributed by atoms with Crippen molar-refractivity contribution in [1.82, 2.24) is 24.4 Å². The molecule has 3 N–H and O–H groups in total. The molecule has 158 valence electrons. The molecule has 2 aromatic carbocycles. The van der Waals surface area contributed by atoms with Crippen LogP contribution in [0.25, 0.3) is 16.7 Å². The zero-order valence-electron chi connectivity index (χ0n) is 16.8. The van der Waals surface area contributed by atoms with E-state index < -0.39 is 5.69 Å². The number of nitrogens with one attached hydrogen (secondary N) is 1. The molecule has 4 rings (SSSR count). The Morgan fingerprint density at radius 2 is 1.74 bits per heavy atom. The van der Waals surface area contributed by atoms with Crippen LogP contribution in [0.4, 0.5) is 17.5 Å². The summed E-state index contributed by atoms with van der Waals surface area (Å²) in [5.74, 6) is 0.400. The second kappa shape index (κ2) is 8.50. The molecule has 4 aromatic rings. The molecule has 10 heteroatoms. The van der Waals surface area contributed by atoms with Crippen LogP contribution in [0.2, 0.25) is 10.0 Å². The van der Waals surface area contributed by atoms with Crippen molar-refractivity contribution in [3.05, 3.63) is 74.8 Å². The zero-order chi connectivity index (χ0) is 22.1. The average Bonchev–Trinajstić information content (AvgIpc) is 2.71. The van der Waals surface area contributed by atoms with E-state index in [0.717, 1.165) is 16.8 Å². The summed E-state index contributed by atoms with van der Waals surface area (Å²) in [5.41, 5.74) is 8.04. The number of benzene rings is 2. The van der Waals surface area contributed by atoms with Crippen LogP contribution in [-0.2, 0) is 6.54 Å². The summed E-state index contributed by atoms with van der Waals surface area (Å²) in [4.78, 5) is 27.5. The maximum atomic E-state index is 12.7. The lowest BCUT2D eigenvalue weighted by Crippen LogP contribution is -2.25. The van der Waals surface area contributed by atoms with Gasteiger partial charge in [-0.05, 0) is 43.9 Å². The van der Waals surface area contributed by atoms with Crippen molar-refractivity contribution >= 4 is 51.7 Å². The molecule has 0 aliphatic rings. The largest absolute Gasteiger partial charge is 0.384 e. The van der Waals surface area contributed by atoms with Gasteiger partial charge in [-0.25, -0.2) is 14.3 Å². The first-order valence-corrected chi connectivity index (χ1v) is 10.1. The number of rotatable bonds is 5. The van der Waals surface area contributed by atoms with Crippen LogP contribution in [0.5, 0.6) is 0 Å². The van der Waals surface area contributed by atoms with Crippen LogP contribution in [0.1, 0.15) is 5.56 Å². The molecule has 8 nitrogen and oxygen atoms in total. The summed E-state index contributed by atoms with van der Waals surface area (Å²) in [6, 6.07) is 12.8. The monoisotopic (exact) mass is 455 g/mol. The van der Waals surface area contributed by atoms with Crippen LogP contribution in [0, 0.1) is 0 Å². The third-order valence-corrected chi connectivity index (χ3v) is 5.16. The Hall–Kier alpha value is -3.20. The fraction of sp³-hybridized carbons (Fsp3) is 0.143. The van der Waals surface area contributed by atoms with E-state index in [0.29, 0.717) is 11.3 Å². The van der Waals surface area contributed by atoms with E-state index in [4.69, 9.17) is 28.9 Å². The summed E-state index contributed by atoms with van der Waals surface area (Å²) < 4.78 is 1.16. The van der Waals surface area contributed by atoms with Crippen molar-refractivity contribution in [2.45, 2.75) is 6.54 Å². The highest BCUT2D eigenvalue weighted by Gasteiger charge is 2.17. The van der Waals surface area contributed by atoms with E-state index in [9.17, 15) is 4.79 Å². The fourth-order valence-corrected chi connectivity index (χ4v) is 3.74. The highest BCUT2D eigenvalue weighted by molar-refractivity contribution is 6.37. The van der Waals surface area contributed by atoms with E-state index in [1.54, 1.807) is 18.2 Å². The molecule has 0 aliphatic heterocycles.